The zero-order valence-electron chi connectivity index (χ0n) is 13.6. The molecule has 3 heterocycles. The zero-order valence-corrected chi connectivity index (χ0v) is 15.3. The van der Waals surface area contributed by atoms with E-state index in [-0.39, 0.29) is 17.5 Å². The number of rotatable bonds is 4. The highest BCUT2D eigenvalue weighted by Gasteiger charge is 2.30. The average molecular weight is 375 g/mol. The van der Waals surface area contributed by atoms with Crippen molar-refractivity contribution in [3.05, 3.63) is 42.9 Å². The van der Waals surface area contributed by atoms with Crippen molar-refractivity contribution in [2.75, 3.05) is 18.6 Å². The molecule has 130 valence electrons. The molecule has 0 spiro atoms. The van der Waals surface area contributed by atoms with Crippen LogP contribution in [0.25, 0.3) is 21.3 Å². The molecule has 1 aromatic carbocycles. The van der Waals surface area contributed by atoms with Crippen LogP contribution in [0.2, 0.25) is 0 Å². The number of aromatic nitrogens is 3. The molecule has 0 N–H and O–H groups in total. The molecule has 1 fully saturated rings. The van der Waals surface area contributed by atoms with Gasteiger partial charge in [0.15, 0.2) is 15.7 Å². The van der Waals surface area contributed by atoms with Crippen LogP contribution in [-0.4, -0.2) is 41.6 Å². The zero-order chi connectivity index (χ0) is 17.4. The van der Waals surface area contributed by atoms with Gasteiger partial charge in [0, 0.05) is 18.6 Å². The van der Waals surface area contributed by atoms with E-state index in [0.717, 1.165) is 27.0 Å². The smallest absolute Gasteiger partial charge is 0.152 e. The quantitative estimate of drug-likeness (QED) is 0.701. The van der Waals surface area contributed by atoms with Crippen molar-refractivity contribution in [2.24, 2.45) is 0 Å². The van der Waals surface area contributed by atoms with Crippen LogP contribution in [0, 0.1) is 0 Å². The van der Waals surface area contributed by atoms with Gasteiger partial charge in [-0.2, -0.15) is 0 Å². The summed E-state index contributed by atoms with van der Waals surface area (Å²) in [6, 6.07) is 7.69. The van der Waals surface area contributed by atoms with E-state index >= 15 is 0 Å². The number of imidazole rings is 1. The molecule has 1 aliphatic heterocycles. The molecule has 0 saturated carbocycles. The Morgan fingerprint density at radius 1 is 1.28 bits per heavy atom. The molecule has 1 saturated heterocycles. The van der Waals surface area contributed by atoms with E-state index in [1.54, 1.807) is 19.5 Å². The van der Waals surface area contributed by atoms with Gasteiger partial charge in [0.1, 0.15) is 10.8 Å². The summed E-state index contributed by atoms with van der Waals surface area (Å²) >= 11 is 1.52. The van der Waals surface area contributed by atoms with Crippen LogP contribution >= 0.6 is 11.3 Å². The van der Waals surface area contributed by atoms with E-state index in [1.165, 1.54) is 11.3 Å². The van der Waals surface area contributed by atoms with E-state index in [1.807, 2.05) is 35.0 Å². The fraction of sp³-hybridized carbons (Fsp3) is 0.294. The Morgan fingerprint density at radius 2 is 2.12 bits per heavy atom. The first kappa shape index (κ1) is 16.3. The van der Waals surface area contributed by atoms with Crippen molar-refractivity contribution in [2.45, 2.75) is 12.5 Å². The second-order valence-electron chi connectivity index (χ2n) is 5.94. The third-order valence-corrected chi connectivity index (χ3v) is 7.11. The van der Waals surface area contributed by atoms with Crippen molar-refractivity contribution in [3.63, 3.8) is 0 Å². The van der Waals surface area contributed by atoms with Crippen molar-refractivity contribution < 1.29 is 13.2 Å². The SMILES string of the molecule is COc1ccccc1-c1ncc(-c2nccn2C2CCS(=O)(=O)C2)s1. The largest absolute Gasteiger partial charge is 0.496 e. The normalized spacial score (nSPS) is 19.2. The summed E-state index contributed by atoms with van der Waals surface area (Å²) in [5.74, 6) is 1.95. The first-order valence-electron chi connectivity index (χ1n) is 7.90. The molecule has 1 unspecified atom stereocenters. The molecule has 3 aromatic rings. The van der Waals surface area contributed by atoms with Crippen LogP contribution in [0.4, 0.5) is 0 Å². The minimum atomic E-state index is -2.94. The molecule has 4 rings (SSSR count). The molecular formula is C17H17N3O3S2. The molecule has 1 atom stereocenters. The number of para-hydroxylation sites is 1. The first-order valence-corrected chi connectivity index (χ1v) is 10.5. The fourth-order valence-electron chi connectivity index (χ4n) is 3.12. The van der Waals surface area contributed by atoms with Crippen LogP contribution in [0.3, 0.4) is 0 Å². The molecule has 2 aromatic heterocycles. The number of thiazole rings is 1. The number of hydrogen-bond donors (Lipinski definition) is 0. The molecular weight excluding hydrogens is 358 g/mol. The Kier molecular flexibility index (Phi) is 4.09. The lowest BCUT2D eigenvalue weighted by Crippen LogP contribution is -2.11. The number of ether oxygens (including phenoxy) is 1. The summed E-state index contributed by atoms with van der Waals surface area (Å²) in [6.45, 7) is 0. The highest BCUT2D eigenvalue weighted by Crippen LogP contribution is 2.37. The third kappa shape index (κ3) is 3.07. The number of hydrogen-bond acceptors (Lipinski definition) is 6. The summed E-state index contributed by atoms with van der Waals surface area (Å²) in [5, 5.41) is 0.848. The molecule has 0 bridgehead atoms. The highest BCUT2D eigenvalue weighted by molar-refractivity contribution is 7.91. The Balaban J connectivity index is 1.69. The summed E-state index contributed by atoms with van der Waals surface area (Å²) in [5.41, 5.74) is 0.933. The van der Waals surface area contributed by atoms with Crippen molar-refractivity contribution in [1.29, 1.82) is 0 Å². The maximum atomic E-state index is 11.8. The lowest BCUT2D eigenvalue weighted by molar-refractivity contribution is 0.416. The monoisotopic (exact) mass is 375 g/mol. The van der Waals surface area contributed by atoms with E-state index in [2.05, 4.69) is 9.97 Å². The fourth-order valence-corrected chi connectivity index (χ4v) is 5.78. The van der Waals surface area contributed by atoms with Gasteiger partial charge in [0.2, 0.25) is 0 Å². The maximum Gasteiger partial charge on any atom is 0.152 e. The van der Waals surface area contributed by atoms with Crippen LogP contribution in [0.5, 0.6) is 5.75 Å². The number of nitrogens with zero attached hydrogens (tertiary/aromatic N) is 3. The summed E-state index contributed by atoms with van der Waals surface area (Å²) in [4.78, 5) is 9.86. The topological polar surface area (TPSA) is 74.1 Å². The van der Waals surface area contributed by atoms with Gasteiger partial charge in [-0.15, -0.1) is 11.3 Å². The van der Waals surface area contributed by atoms with E-state index < -0.39 is 9.84 Å². The molecule has 1 aliphatic rings. The Morgan fingerprint density at radius 3 is 2.88 bits per heavy atom. The van der Waals surface area contributed by atoms with Crippen LogP contribution in [-0.2, 0) is 9.84 Å². The standard InChI is InChI=1S/C17H17N3O3S2/c1-23-14-5-3-2-4-13(14)17-19-10-15(24-17)16-18-7-8-20(16)12-6-9-25(21,22)11-12/h2-5,7-8,10,12H,6,9,11H2,1H3. The summed E-state index contributed by atoms with van der Waals surface area (Å²) in [6.07, 6.45) is 5.98. The number of sulfone groups is 1. The summed E-state index contributed by atoms with van der Waals surface area (Å²) < 4.78 is 30.9. The lowest BCUT2D eigenvalue weighted by atomic mass is 10.2. The number of benzene rings is 1. The Bertz CT molecular complexity index is 1010. The minimum absolute atomic E-state index is 0.0562. The number of methoxy groups -OCH3 is 1. The van der Waals surface area contributed by atoms with Gasteiger partial charge in [-0.05, 0) is 18.6 Å². The minimum Gasteiger partial charge on any atom is -0.496 e. The molecule has 0 amide bonds. The molecule has 8 heteroatoms. The van der Waals surface area contributed by atoms with Crippen LogP contribution < -0.4 is 4.74 Å². The summed E-state index contributed by atoms with van der Waals surface area (Å²) in [7, 11) is -1.31. The molecule has 25 heavy (non-hydrogen) atoms. The van der Waals surface area contributed by atoms with Gasteiger partial charge in [0.05, 0.1) is 35.1 Å². The van der Waals surface area contributed by atoms with Crippen LogP contribution in [0.1, 0.15) is 12.5 Å². The van der Waals surface area contributed by atoms with E-state index in [0.29, 0.717) is 6.42 Å². The highest BCUT2D eigenvalue weighted by atomic mass is 32.2. The van der Waals surface area contributed by atoms with Gasteiger partial charge in [-0.25, -0.2) is 18.4 Å². The van der Waals surface area contributed by atoms with Crippen LogP contribution in [0.15, 0.2) is 42.9 Å². The Hall–Kier alpha value is -2.19. The Labute approximate surface area is 150 Å². The molecule has 0 radical (unpaired) electrons. The molecule has 6 nitrogen and oxygen atoms in total. The second-order valence-corrected chi connectivity index (χ2v) is 9.20. The van der Waals surface area contributed by atoms with Gasteiger partial charge in [-0.3, -0.25) is 0 Å². The van der Waals surface area contributed by atoms with Crippen molar-refractivity contribution in [1.82, 2.24) is 14.5 Å². The van der Waals surface area contributed by atoms with Gasteiger partial charge in [-0.1, -0.05) is 12.1 Å². The molecule has 0 aliphatic carbocycles. The predicted molar refractivity (Wildman–Crippen MR) is 97.6 cm³/mol. The third-order valence-electron chi connectivity index (χ3n) is 4.33. The van der Waals surface area contributed by atoms with Gasteiger partial charge < -0.3 is 9.30 Å². The van der Waals surface area contributed by atoms with Gasteiger partial charge >= 0.3 is 0 Å². The predicted octanol–water partition coefficient (Wildman–Crippen LogP) is 3.04. The first-order chi connectivity index (χ1) is 12.1. The average Bonchev–Trinajstić information content (AvgIpc) is 3.32. The second kappa shape index (κ2) is 6.27. The van der Waals surface area contributed by atoms with Gasteiger partial charge in [0.25, 0.3) is 0 Å². The van der Waals surface area contributed by atoms with Crippen molar-refractivity contribution >= 4 is 21.2 Å². The van der Waals surface area contributed by atoms with E-state index in [4.69, 9.17) is 4.74 Å². The van der Waals surface area contributed by atoms with Crippen molar-refractivity contribution in [3.8, 4) is 27.0 Å². The van der Waals surface area contributed by atoms with E-state index in [9.17, 15) is 8.42 Å². The maximum absolute atomic E-state index is 11.8. The lowest BCUT2D eigenvalue weighted by Gasteiger charge is -2.12.